The summed E-state index contributed by atoms with van der Waals surface area (Å²) in [7, 11) is 2.33. The van der Waals surface area contributed by atoms with Gasteiger partial charge in [-0.15, -0.1) is 0 Å². The van der Waals surface area contributed by atoms with Crippen molar-refractivity contribution in [3.63, 3.8) is 0 Å². The van der Waals surface area contributed by atoms with Gasteiger partial charge in [0.05, 0.1) is 0 Å². The van der Waals surface area contributed by atoms with Crippen LogP contribution in [0.1, 0.15) is 36.3 Å². The largest absolute Gasteiger partial charge is 0.300 e. The molecule has 0 saturated carbocycles. The fraction of sp³-hybridized carbons (Fsp3) is 0.524. The summed E-state index contributed by atoms with van der Waals surface area (Å²) in [6.45, 7) is 4.48. The Morgan fingerprint density at radius 3 is 2.46 bits per heavy atom. The Kier molecular flexibility index (Phi) is 5.30. The minimum Gasteiger partial charge on any atom is -0.300 e. The van der Waals surface area contributed by atoms with Crippen molar-refractivity contribution in [1.82, 2.24) is 19.8 Å². The van der Waals surface area contributed by atoms with E-state index in [1.807, 2.05) is 18.6 Å². The number of likely N-dealkylation sites (N-methyl/N-ethyl adjacent to an activating group) is 1. The molecular formula is C21H28N4S. The molecule has 138 valence electrons. The molecule has 2 aliphatic heterocycles. The minimum absolute atomic E-state index is 0.385. The Balaban J connectivity index is 1.36. The zero-order valence-electron chi connectivity index (χ0n) is 15.8. The molecule has 0 aliphatic carbocycles. The molecule has 2 aliphatic rings. The average molecular weight is 369 g/mol. The van der Waals surface area contributed by atoms with Gasteiger partial charge in [0.2, 0.25) is 0 Å². The Morgan fingerprint density at radius 1 is 1.12 bits per heavy atom. The first kappa shape index (κ1) is 18.0. The topological polar surface area (TPSA) is 32.3 Å². The van der Waals surface area contributed by atoms with Crippen LogP contribution in [-0.2, 0) is 6.54 Å². The van der Waals surface area contributed by atoms with Crippen LogP contribution in [0.25, 0.3) is 0 Å². The zero-order valence-corrected chi connectivity index (χ0v) is 16.6. The van der Waals surface area contributed by atoms with Crippen molar-refractivity contribution >= 4 is 11.8 Å². The van der Waals surface area contributed by atoms with Gasteiger partial charge in [-0.1, -0.05) is 42.1 Å². The van der Waals surface area contributed by atoms with E-state index >= 15 is 0 Å². The van der Waals surface area contributed by atoms with Crippen LogP contribution in [0.15, 0.2) is 47.9 Å². The van der Waals surface area contributed by atoms with E-state index in [1.165, 1.54) is 36.9 Å². The normalized spacial score (nSPS) is 23.5. The quantitative estimate of drug-likeness (QED) is 0.607. The van der Waals surface area contributed by atoms with Crippen molar-refractivity contribution in [1.29, 1.82) is 0 Å². The summed E-state index contributed by atoms with van der Waals surface area (Å²) < 4.78 is 0. The standard InChI is InChI=1S/C21H28N4S/c1-24-16-19(18-6-4-3-5-7-18)12-21(24)8-10-25(11-9-21)15-17-13-22-20(26-2)23-14-17/h3-7,13-14,19H,8-12,15-16H2,1-2H3/t19-/m1/s1. The van der Waals surface area contributed by atoms with Gasteiger partial charge in [0.25, 0.3) is 0 Å². The highest BCUT2D eigenvalue weighted by molar-refractivity contribution is 7.98. The SMILES string of the molecule is CSc1ncc(CN2CCC3(CC2)C[C@@H](c2ccccc2)CN3C)cn1. The van der Waals surface area contributed by atoms with Crippen molar-refractivity contribution in [2.45, 2.75) is 42.4 Å². The van der Waals surface area contributed by atoms with E-state index in [9.17, 15) is 0 Å². The summed E-state index contributed by atoms with van der Waals surface area (Å²) >= 11 is 1.59. The van der Waals surface area contributed by atoms with E-state index < -0.39 is 0 Å². The molecule has 4 nitrogen and oxygen atoms in total. The number of rotatable bonds is 4. The van der Waals surface area contributed by atoms with Crippen LogP contribution in [0.2, 0.25) is 0 Å². The van der Waals surface area contributed by atoms with Gasteiger partial charge in [0.1, 0.15) is 0 Å². The molecule has 0 radical (unpaired) electrons. The van der Waals surface area contributed by atoms with Crippen molar-refractivity contribution < 1.29 is 0 Å². The third-order valence-electron chi connectivity index (χ3n) is 6.26. The number of hydrogen-bond donors (Lipinski definition) is 0. The van der Waals surface area contributed by atoms with Crippen molar-refractivity contribution in [2.75, 3.05) is 32.9 Å². The summed E-state index contributed by atoms with van der Waals surface area (Å²) in [4.78, 5) is 14.0. The number of piperidine rings is 1. The summed E-state index contributed by atoms with van der Waals surface area (Å²) in [5.41, 5.74) is 3.11. The van der Waals surface area contributed by atoms with Gasteiger partial charge in [-0.2, -0.15) is 0 Å². The van der Waals surface area contributed by atoms with Crippen molar-refractivity contribution in [3.8, 4) is 0 Å². The lowest BCUT2D eigenvalue weighted by molar-refractivity contribution is 0.0671. The summed E-state index contributed by atoms with van der Waals surface area (Å²) in [5, 5.41) is 0.853. The van der Waals surface area contributed by atoms with E-state index in [4.69, 9.17) is 0 Å². The number of aromatic nitrogens is 2. The van der Waals surface area contributed by atoms with Crippen LogP contribution >= 0.6 is 11.8 Å². The molecule has 1 aromatic carbocycles. The van der Waals surface area contributed by atoms with E-state index in [0.29, 0.717) is 11.5 Å². The molecule has 0 unspecified atom stereocenters. The van der Waals surface area contributed by atoms with Crippen molar-refractivity contribution in [3.05, 3.63) is 53.9 Å². The fourth-order valence-electron chi connectivity index (χ4n) is 4.65. The third-order valence-corrected chi connectivity index (χ3v) is 6.83. The number of thioether (sulfide) groups is 1. The molecule has 0 bridgehead atoms. The van der Waals surface area contributed by atoms with Gasteiger partial charge in [0.15, 0.2) is 5.16 Å². The smallest absolute Gasteiger partial charge is 0.187 e. The molecule has 2 aromatic rings. The first-order valence-corrected chi connectivity index (χ1v) is 10.7. The van der Waals surface area contributed by atoms with Gasteiger partial charge in [-0.3, -0.25) is 9.80 Å². The monoisotopic (exact) mass is 368 g/mol. The lowest BCUT2D eigenvalue weighted by atomic mass is 9.81. The van der Waals surface area contributed by atoms with Crippen LogP contribution in [0.5, 0.6) is 0 Å². The third kappa shape index (κ3) is 3.66. The molecule has 5 heteroatoms. The van der Waals surface area contributed by atoms with E-state index in [0.717, 1.165) is 24.8 Å². The lowest BCUT2D eigenvalue weighted by Crippen LogP contribution is -2.50. The van der Waals surface area contributed by atoms with Gasteiger partial charge >= 0.3 is 0 Å². The first-order chi connectivity index (χ1) is 12.7. The van der Waals surface area contributed by atoms with Crippen LogP contribution in [-0.4, -0.2) is 58.2 Å². The molecule has 26 heavy (non-hydrogen) atoms. The van der Waals surface area contributed by atoms with E-state index in [1.54, 1.807) is 11.8 Å². The summed E-state index contributed by atoms with van der Waals surface area (Å²) in [5.74, 6) is 0.681. The van der Waals surface area contributed by atoms with E-state index in [2.05, 4.69) is 57.1 Å². The van der Waals surface area contributed by atoms with Gasteiger partial charge in [-0.05, 0) is 44.0 Å². The second kappa shape index (κ2) is 7.67. The van der Waals surface area contributed by atoms with Crippen LogP contribution in [0, 0.1) is 0 Å². The molecule has 1 spiro atoms. The predicted molar refractivity (Wildman–Crippen MR) is 107 cm³/mol. The van der Waals surface area contributed by atoms with Crippen molar-refractivity contribution in [2.24, 2.45) is 0 Å². The first-order valence-electron chi connectivity index (χ1n) is 9.52. The van der Waals surface area contributed by atoms with E-state index in [-0.39, 0.29) is 0 Å². The summed E-state index contributed by atoms with van der Waals surface area (Å²) in [6.07, 6.45) is 9.80. The number of benzene rings is 1. The number of hydrogen-bond acceptors (Lipinski definition) is 5. The maximum atomic E-state index is 4.41. The number of nitrogens with zero attached hydrogens (tertiary/aromatic N) is 4. The minimum atomic E-state index is 0.385. The van der Waals surface area contributed by atoms with Gasteiger partial charge < -0.3 is 0 Å². The molecular weight excluding hydrogens is 340 g/mol. The lowest BCUT2D eigenvalue weighted by Gasteiger charge is -2.43. The maximum Gasteiger partial charge on any atom is 0.187 e. The fourth-order valence-corrected chi connectivity index (χ4v) is 4.97. The molecule has 0 N–H and O–H groups in total. The summed E-state index contributed by atoms with van der Waals surface area (Å²) in [6, 6.07) is 11.1. The molecule has 1 atom stereocenters. The zero-order chi connectivity index (χ0) is 18.0. The number of likely N-dealkylation sites (tertiary alicyclic amines) is 2. The van der Waals surface area contributed by atoms with Crippen LogP contribution < -0.4 is 0 Å². The average Bonchev–Trinajstić information content (AvgIpc) is 3.01. The molecule has 3 heterocycles. The molecule has 1 aromatic heterocycles. The second-order valence-corrected chi connectivity index (χ2v) is 8.54. The van der Waals surface area contributed by atoms with Gasteiger partial charge in [0, 0.05) is 49.7 Å². The highest BCUT2D eigenvalue weighted by Gasteiger charge is 2.45. The Bertz CT molecular complexity index is 711. The predicted octanol–water partition coefficient (Wildman–Crippen LogP) is 3.65. The molecule has 2 saturated heterocycles. The second-order valence-electron chi connectivity index (χ2n) is 7.77. The molecule has 4 rings (SSSR count). The van der Waals surface area contributed by atoms with Gasteiger partial charge in [-0.25, -0.2) is 9.97 Å². The van der Waals surface area contributed by atoms with Crippen LogP contribution in [0.3, 0.4) is 0 Å². The highest BCUT2D eigenvalue weighted by atomic mass is 32.2. The Morgan fingerprint density at radius 2 is 1.81 bits per heavy atom. The van der Waals surface area contributed by atoms with Crippen LogP contribution in [0.4, 0.5) is 0 Å². The Labute approximate surface area is 161 Å². The molecule has 0 amide bonds. The Hall–Kier alpha value is -1.43. The maximum absolute atomic E-state index is 4.41. The highest BCUT2D eigenvalue weighted by Crippen LogP contribution is 2.44. The molecule has 2 fully saturated rings.